The van der Waals surface area contributed by atoms with E-state index in [0.717, 1.165) is 24.9 Å². The molecule has 1 aliphatic heterocycles. The molecular weight excluding hydrogens is 289 g/mol. The zero-order chi connectivity index (χ0) is 15.5. The minimum absolute atomic E-state index is 0.133. The molecule has 1 heterocycles. The van der Waals surface area contributed by atoms with Crippen LogP contribution in [0.1, 0.15) is 18.4 Å². The molecule has 1 aliphatic rings. The Kier molecular flexibility index (Phi) is 5.43. The maximum atomic E-state index is 12.1. The van der Waals surface area contributed by atoms with Crippen molar-refractivity contribution in [1.29, 1.82) is 0 Å². The molecule has 2 rings (SSSR count). The lowest BCUT2D eigenvalue weighted by Crippen LogP contribution is -2.45. The highest BCUT2D eigenvalue weighted by atomic mass is 32.2. The van der Waals surface area contributed by atoms with E-state index in [-0.39, 0.29) is 17.4 Å². The summed E-state index contributed by atoms with van der Waals surface area (Å²) in [5.74, 6) is 0.133. The van der Waals surface area contributed by atoms with Gasteiger partial charge in [0.1, 0.15) is 0 Å². The van der Waals surface area contributed by atoms with Crippen LogP contribution >= 0.6 is 0 Å². The molecule has 0 aliphatic carbocycles. The fraction of sp³-hybridized carbons (Fsp3) is 0.571. The van der Waals surface area contributed by atoms with Gasteiger partial charge < -0.3 is 9.83 Å². The van der Waals surface area contributed by atoms with Crippen molar-refractivity contribution in [3.63, 3.8) is 0 Å². The summed E-state index contributed by atoms with van der Waals surface area (Å²) in [5.41, 5.74) is 1.01. The summed E-state index contributed by atoms with van der Waals surface area (Å²) < 4.78 is 29.4. The topological polar surface area (TPSA) is 66.8 Å². The van der Waals surface area contributed by atoms with Crippen molar-refractivity contribution in [2.24, 2.45) is 5.92 Å². The van der Waals surface area contributed by atoms with Crippen LogP contribution in [0.5, 0.6) is 0 Å². The van der Waals surface area contributed by atoms with Crippen molar-refractivity contribution in [3.05, 3.63) is 29.8 Å². The van der Waals surface area contributed by atoms with Crippen LogP contribution in [0, 0.1) is 12.8 Å². The van der Waals surface area contributed by atoms with Crippen LogP contribution in [0.4, 0.5) is 0 Å². The highest BCUT2D eigenvalue weighted by molar-refractivity contribution is 7.86. The Hall–Kier alpha value is -0.885. The molecule has 0 spiro atoms. The van der Waals surface area contributed by atoms with Crippen LogP contribution in [0.15, 0.2) is 29.2 Å². The van der Waals surface area contributed by atoms with Crippen molar-refractivity contribution in [3.8, 4) is 0 Å². The highest BCUT2D eigenvalue weighted by Crippen LogP contribution is 2.20. The number of nitrogens with zero attached hydrogens (tertiary/aromatic N) is 1. The van der Waals surface area contributed by atoms with E-state index in [1.807, 2.05) is 11.7 Å². The monoisotopic (exact) mass is 311 g/mol. The molecule has 7 heteroatoms. The first-order valence-corrected chi connectivity index (χ1v) is 8.67. The number of piperidine rings is 1. The Balaban J connectivity index is 1.94. The van der Waals surface area contributed by atoms with Crippen LogP contribution in [0.2, 0.25) is 6.82 Å². The average molecular weight is 311 g/mol. The summed E-state index contributed by atoms with van der Waals surface area (Å²) in [7, 11) is -4.19. The molecule has 21 heavy (non-hydrogen) atoms. The first kappa shape index (κ1) is 16.5. The third-order valence-corrected chi connectivity index (χ3v) is 5.14. The summed E-state index contributed by atoms with van der Waals surface area (Å²) in [4.78, 5) is 2.13. The van der Waals surface area contributed by atoms with E-state index >= 15 is 0 Å². The fourth-order valence-electron chi connectivity index (χ4n) is 2.53. The van der Waals surface area contributed by atoms with Gasteiger partial charge in [-0.05, 0) is 57.7 Å². The van der Waals surface area contributed by atoms with Gasteiger partial charge in [0, 0.05) is 0 Å². The molecule has 1 fully saturated rings. The van der Waals surface area contributed by atoms with Gasteiger partial charge in [-0.25, -0.2) is 0 Å². The number of aryl methyl sites for hydroxylation is 1. The Labute approximate surface area is 127 Å². The van der Waals surface area contributed by atoms with Gasteiger partial charge in [-0.3, -0.25) is 4.18 Å². The Bertz CT molecular complexity index is 559. The van der Waals surface area contributed by atoms with Crippen LogP contribution in [-0.2, 0) is 14.3 Å². The van der Waals surface area contributed by atoms with E-state index in [1.54, 1.807) is 31.1 Å². The third kappa shape index (κ3) is 4.54. The zero-order valence-electron chi connectivity index (χ0n) is 12.5. The molecule has 0 amide bonds. The molecule has 116 valence electrons. The zero-order valence-corrected chi connectivity index (χ0v) is 13.3. The Morgan fingerprint density at radius 3 is 2.67 bits per heavy atom. The maximum absolute atomic E-state index is 12.1. The van der Waals surface area contributed by atoms with Gasteiger partial charge in [0.15, 0.2) is 0 Å². The van der Waals surface area contributed by atoms with Gasteiger partial charge in [0.25, 0.3) is 10.1 Å². The summed E-state index contributed by atoms with van der Waals surface area (Å²) in [6.07, 6.45) is 1.87. The lowest BCUT2D eigenvalue weighted by atomic mass is 9.81. The smallest absolute Gasteiger partial charge is 0.376 e. The lowest BCUT2D eigenvalue weighted by Gasteiger charge is -2.33. The minimum atomic E-state index is -3.70. The van der Waals surface area contributed by atoms with Crippen molar-refractivity contribution in [2.45, 2.75) is 31.5 Å². The molecule has 1 atom stereocenters. The van der Waals surface area contributed by atoms with E-state index in [0.29, 0.717) is 6.54 Å². The summed E-state index contributed by atoms with van der Waals surface area (Å²) in [6.45, 7) is 5.32. The van der Waals surface area contributed by atoms with Crippen LogP contribution in [0.25, 0.3) is 0 Å². The molecule has 0 radical (unpaired) electrons. The van der Waals surface area contributed by atoms with Crippen molar-refractivity contribution < 1.29 is 17.6 Å². The highest BCUT2D eigenvalue weighted by Gasteiger charge is 2.26. The predicted octanol–water partition coefficient (Wildman–Crippen LogP) is 1.52. The first-order valence-electron chi connectivity index (χ1n) is 7.27. The van der Waals surface area contributed by atoms with Gasteiger partial charge in [-0.2, -0.15) is 8.42 Å². The second-order valence-corrected chi connectivity index (χ2v) is 7.30. The van der Waals surface area contributed by atoms with Gasteiger partial charge in [-0.1, -0.05) is 17.7 Å². The molecule has 0 aromatic heterocycles. The lowest BCUT2D eigenvalue weighted by molar-refractivity contribution is 0.174. The van der Waals surface area contributed by atoms with E-state index in [1.165, 1.54) is 0 Å². The van der Waals surface area contributed by atoms with Crippen LogP contribution in [0.3, 0.4) is 0 Å². The number of hydrogen-bond acceptors (Lipinski definition) is 5. The SMILES string of the molecule is CB(O)N1CCC[C@@H](COS(=O)(=O)c2ccc(C)cc2)C1. The van der Waals surface area contributed by atoms with Gasteiger partial charge >= 0.3 is 7.05 Å². The van der Waals surface area contributed by atoms with E-state index < -0.39 is 17.2 Å². The number of rotatable bonds is 5. The molecule has 1 N–H and O–H groups in total. The van der Waals surface area contributed by atoms with E-state index in [2.05, 4.69) is 0 Å². The first-order chi connectivity index (χ1) is 9.88. The van der Waals surface area contributed by atoms with Crippen LogP contribution in [-0.4, -0.2) is 45.0 Å². The quantitative estimate of drug-likeness (QED) is 0.660. The second kappa shape index (κ2) is 6.92. The Morgan fingerprint density at radius 2 is 2.05 bits per heavy atom. The molecule has 0 bridgehead atoms. The molecule has 1 aromatic rings. The Morgan fingerprint density at radius 1 is 1.38 bits per heavy atom. The molecule has 0 saturated carbocycles. The standard InChI is InChI=1S/C14H22BNO4S/c1-12-5-7-14(8-6-12)21(18,19)20-11-13-4-3-9-16(10-13)15(2)17/h5-8,13,17H,3-4,9-11H2,1-2H3/t13-/m1/s1. The molecule has 5 nitrogen and oxygen atoms in total. The van der Waals surface area contributed by atoms with Crippen molar-refractivity contribution in [1.82, 2.24) is 4.81 Å². The average Bonchev–Trinajstić information content (AvgIpc) is 2.46. The number of benzene rings is 1. The van der Waals surface area contributed by atoms with E-state index in [4.69, 9.17) is 4.18 Å². The third-order valence-electron chi connectivity index (χ3n) is 3.85. The molecule has 1 saturated heterocycles. The number of hydrogen-bond donors (Lipinski definition) is 1. The summed E-state index contributed by atoms with van der Waals surface area (Å²) in [6, 6.07) is 6.64. The van der Waals surface area contributed by atoms with Gasteiger partial charge in [0.2, 0.25) is 0 Å². The van der Waals surface area contributed by atoms with Crippen LogP contribution < -0.4 is 0 Å². The minimum Gasteiger partial charge on any atom is -0.437 e. The van der Waals surface area contributed by atoms with Crippen molar-refractivity contribution in [2.75, 3.05) is 19.7 Å². The predicted molar refractivity (Wildman–Crippen MR) is 82.5 cm³/mol. The molecule has 0 unspecified atom stereocenters. The molecular formula is C14H22BNO4S. The normalized spacial score (nSPS) is 20.4. The van der Waals surface area contributed by atoms with Gasteiger partial charge in [-0.15, -0.1) is 0 Å². The fourth-order valence-corrected chi connectivity index (χ4v) is 3.51. The summed E-state index contributed by atoms with van der Waals surface area (Å²) >= 11 is 0. The molecule has 1 aromatic carbocycles. The van der Waals surface area contributed by atoms with E-state index in [9.17, 15) is 13.4 Å². The summed E-state index contributed by atoms with van der Waals surface area (Å²) in [5, 5.41) is 9.59. The van der Waals surface area contributed by atoms with Gasteiger partial charge in [0.05, 0.1) is 11.5 Å². The largest absolute Gasteiger partial charge is 0.437 e. The maximum Gasteiger partial charge on any atom is 0.376 e. The second-order valence-electron chi connectivity index (χ2n) is 5.69. The van der Waals surface area contributed by atoms with Crippen molar-refractivity contribution >= 4 is 17.2 Å².